The lowest BCUT2D eigenvalue weighted by Gasteiger charge is -2.52. The van der Waals surface area contributed by atoms with Crippen LogP contribution < -0.4 is 10.6 Å². The minimum atomic E-state index is -0.406. The molecule has 7 heteroatoms. The van der Waals surface area contributed by atoms with Gasteiger partial charge in [-0.1, -0.05) is 18.2 Å². The predicted molar refractivity (Wildman–Crippen MR) is 80.2 cm³/mol. The van der Waals surface area contributed by atoms with Crippen LogP contribution in [0.3, 0.4) is 0 Å². The lowest BCUT2D eigenvalue weighted by Crippen LogP contribution is -2.71. The fraction of sp³-hybridized carbons (Fsp3) is 0.467. The Kier molecular flexibility index (Phi) is 3.35. The lowest BCUT2D eigenvalue weighted by atomic mass is 9.81. The van der Waals surface area contributed by atoms with E-state index in [0.29, 0.717) is 5.56 Å². The molecule has 0 saturated carbocycles. The largest absolute Gasteiger partial charge is 0.508 e. The normalized spacial score (nSPS) is 31.4. The quantitative estimate of drug-likeness (QED) is 0.725. The van der Waals surface area contributed by atoms with Crippen LogP contribution in [0.2, 0.25) is 0 Å². The van der Waals surface area contributed by atoms with Crippen LogP contribution in [0.4, 0.5) is 9.59 Å². The van der Waals surface area contributed by atoms with Crippen LogP contribution in [0, 0.1) is 5.92 Å². The van der Waals surface area contributed by atoms with Gasteiger partial charge in [0.15, 0.2) is 0 Å². The molecular formula is C15H20N4O3. The third kappa shape index (κ3) is 2.04. The van der Waals surface area contributed by atoms with Crippen LogP contribution in [-0.2, 0) is 0 Å². The van der Waals surface area contributed by atoms with Gasteiger partial charge in [0.25, 0.3) is 0 Å². The molecule has 1 aromatic rings. The first-order valence-electron chi connectivity index (χ1n) is 7.26. The fourth-order valence-electron chi connectivity index (χ4n) is 3.46. The van der Waals surface area contributed by atoms with Gasteiger partial charge in [-0.15, -0.1) is 0 Å². The molecule has 0 aromatic heterocycles. The van der Waals surface area contributed by atoms with Crippen molar-refractivity contribution in [2.75, 3.05) is 14.1 Å². The summed E-state index contributed by atoms with van der Waals surface area (Å²) in [4.78, 5) is 27.3. The summed E-state index contributed by atoms with van der Waals surface area (Å²) in [6.45, 7) is 1.92. The summed E-state index contributed by atoms with van der Waals surface area (Å²) in [6, 6.07) is 6.07. The van der Waals surface area contributed by atoms with Crippen molar-refractivity contribution in [3.05, 3.63) is 29.8 Å². The number of benzene rings is 1. The van der Waals surface area contributed by atoms with E-state index in [0.717, 1.165) is 0 Å². The van der Waals surface area contributed by atoms with Crippen LogP contribution in [-0.4, -0.2) is 53.3 Å². The summed E-state index contributed by atoms with van der Waals surface area (Å²) in [5.41, 5.74) is 0.686. The van der Waals surface area contributed by atoms with Crippen molar-refractivity contribution in [2.45, 2.75) is 25.2 Å². The first-order chi connectivity index (χ1) is 10.4. The number of nitrogens with zero attached hydrogens (tertiary/aromatic N) is 2. The highest BCUT2D eigenvalue weighted by Gasteiger charge is 2.50. The fourth-order valence-corrected chi connectivity index (χ4v) is 3.46. The van der Waals surface area contributed by atoms with Gasteiger partial charge in [-0.05, 0) is 13.0 Å². The van der Waals surface area contributed by atoms with E-state index >= 15 is 0 Å². The Bertz CT molecular complexity index is 621. The van der Waals surface area contributed by atoms with Crippen molar-refractivity contribution >= 4 is 12.1 Å². The number of hydrogen-bond donors (Lipinski definition) is 3. The van der Waals surface area contributed by atoms with Crippen molar-refractivity contribution in [2.24, 2.45) is 5.92 Å². The molecule has 2 aliphatic heterocycles. The minimum Gasteiger partial charge on any atom is -0.508 e. The van der Waals surface area contributed by atoms with E-state index in [1.165, 1.54) is 4.90 Å². The van der Waals surface area contributed by atoms with Crippen LogP contribution in [0.5, 0.6) is 5.75 Å². The lowest BCUT2D eigenvalue weighted by molar-refractivity contribution is 0.0241. The van der Waals surface area contributed by atoms with E-state index in [2.05, 4.69) is 10.6 Å². The summed E-state index contributed by atoms with van der Waals surface area (Å²) in [6.07, 6.45) is -0.406. The molecule has 3 N–H and O–H groups in total. The van der Waals surface area contributed by atoms with E-state index in [9.17, 15) is 14.7 Å². The number of rotatable bonds is 1. The second-order valence-corrected chi connectivity index (χ2v) is 5.94. The Labute approximate surface area is 128 Å². The first-order valence-corrected chi connectivity index (χ1v) is 7.26. The van der Waals surface area contributed by atoms with E-state index in [1.54, 1.807) is 31.1 Å². The summed E-state index contributed by atoms with van der Waals surface area (Å²) in [7, 11) is 3.36. The molecule has 0 unspecified atom stereocenters. The van der Waals surface area contributed by atoms with E-state index in [1.807, 2.05) is 19.1 Å². The third-order valence-corrected chi connectivity index (χ3v) is 4.66. The summed E-state index contributed by atoms with van der Waals surface area (Å²) >= 11 is 0. The van der Waals surface area contributed by atoms with E-state index in [-0.39, 0.29) is 35.8 Å². The number of para-hydroxylation sites is 1. The van der Waals surface area contributed by atoms with Crippen molar-refractivity contribution in [3.8, 4) is 5.75 Å². The molecule has 118 valence electrons. The molecule has 0 spiro atoms. The highest BCUT2D eigenvalue weighted by Crippen LogP contribution is 2.41. The SMILES string of the molecule is C[C@H]1NC(=O)N(C)[C@@H]2NC(=O)N(C)[C@@H](c3ccccc3O)[C@@H]21. The number of urea groups is 2. The highest BCUT2D eigenvalue weighted by molar-refractivity contribution is 5.80. The Morgan fingerprint density at radius 3 is 2.36 bits per heavy atom. The molecular weight excluding hydrogens is 284 g/mol. The Morgan fingerprint density at radius 1 is 1.05 bits per heavy atom. The zero-order valence-electron chi connectivity index (χ0n) is 12.8. The van der Waals surface area contributed by atoms with Gasteiger partial charge in [-0.25, -0.2) is 9.59 Å². The highest BCUT2D eigenvalue weighted by atomic mass is 16.3. The maximum Gasteiger partial charge on any atom is 0.319 e. The van der Waals surface area contributed by atoms with Crippen LogP contribution in [0.15, 0.2) is 24.3 Å². The van der Waals surface area contributed by atoms with Gasteiger partial charge in [0.05, 0.1) is 6.04 Å². The van der Waals surface area contributed by atoms with Crippen LogP contribution in [0.1, 0.15) is 18.5 Å². The number of hydrogen-bond acceptors (Lipinski definition) is 3. The van der Waals surface area contributed by atoms with Gasteiger partial charge < -0.3 is 25.5 Å². The monoisotopic (exact) mass is 304 g/mol. The number of phenolic OH excluding ortho intramolecular Hbond substituents is 1. The van der Waals surface area contributed by atoms with Crippen molar-refractivity contribution < 1.29 is 14.7 Å². The summed E-state index contributed by atoms with van der Waals surface area (Å²) < 4.78 is 0. The molecule has 2 saturated heterocycles. The maximum absolute atomic E-state index is 12.3. The topological polar surface area (TPSA) is 84.9 Å². The zero-order valence-corrected chi connectivity index (χ0v) is 12.8. The van der Waals surface area contributed by atoms with E-state index < -0.39 is 6.17 Å². The number of fused-ring (bicyclic) bond motifs is 1. The molecule has 2 fully saturated rings. The molecule has 2 aliphatic rings. The average Bonchev–Trinajstić information content (AvgIpc) is 2.48. The number of amides is 4. The maximum atomic E-state index is 12.3. The van der Waals surface area contributed by atoms with Crippen molar-refractivity contribution in [3.63, 3.8) is 0 Å². The van der Waals surface area contributed by atoms with Gasteiger partial charge in [0.1, 0.15) is 11.9 Å². The number of aromatic hydroxyl groups is 1. The Balaban J connectivity index is 2.08. The molecule has 7 nitrogen and oxygen atoms in total. The number of phenols is 1. The molecule has 22 heavy (non-hydrogen) atoms. The third-order valence-electron chi connectivity index (χ3n) is 4.66. The van der Waals surface area contributed by atoms with Crippen LogP contribution >= 0.6 is 0 Å². The Morgan fingerprint density at radius 2 is 1.68 bits per heavy atom. The molecule has 2 heterocycles. The second-order valence-electron chi connectivity index (χ2n) is 5.94. The zero-order chi connectivity index (χ0) is 16.0. The number of carbonyl (C=O) groups excluding carboxylic acids is 2. The predicted octanol–water partition coefficient (Wildman–Crippen LogP) is 1.07. The van der Waals surface area contributed by atoms with Gasteiger partial charge in [-0.2, -0.15) is 0 Å². The number of carbonyl (C=O) groups is 2. The molecule has 4 atom stereocenters. The van der Waals surface area contributed by atoms with Gasteiger partial charge in [-0.3, -0.25) is 0 Å². The first kappa shape index (κ1) is 14.5. The standard InChI is InChI=1S/C15H20N4O3/c1-8-11-12(9-6-4-5-7-10(9)20)18(2)15(22)17-13(11)19(3)14(21)16-8/h4-8,11-13,20H,1-3H3,(H,16,21)(H,17,22)/t8-,11+,12+,13+/m1/s1. The molecule has 4 amide bonds. The van der Waals surface area contributed by atoms with Gasteiger partial charge in [0, 0.05) is 31.6 Å². The summed E-state index contributed by atoms with van der Waals surface area (Å²) in [5.74, 6) is 0.0678. The molecule has 1 aromatic carbocycles. The molecule has 0 bridgehead atoms. The summed E-state index contributed by atoms with van der Waals surface area (Å²) in [5, 5.41) is 16.0. The van der Waals surface area contributed by atoms with Gasteiger partial charge >= 0.3 is 12.1 Å². The second kappa shape index (κ2) is 5.08. The molecule has 0 aliphatic carbocycles. The molecule has 3 rings (SSSR count). The average molecular weight is 304 g/mol. The van der Waals surface area contributed by atoms with Crippen molar-refractivity contribution in [1.29, 1.82) is 0 Å². The molecule has 0 radical (unpaired) electrons. The van der Waals surface area contributed by atoms with Gasteiger partial charge in [0.2, 0.25) is 0 Å². The Hall–Kier alpha value is -2.44. The van der Waals surface area contributed by atoms with E-state index in [4.69, 9.17) is 0 Å². The number of nitrogens with one attached hydrogen (secondary N) is 2. The van der Waals surface area contributed by atoms with Crippen molar-refractivity contribution in [1.82, 2.24) is 20.4 Å². The van der Waals surface area contributed by atoms with Crippen LogP contribution in [0.25, 0.3) is 0 Å². The minimum absolute atomic E-state index is 0.0845. The smallest absolute Gasteiger partial charge is 0.319 e.